The second kappa shape index (κ2) is 13.5. The topological polar surface area (TPSA) is 55.8 Å². The van der Waals surface area contributed by atoms with E-state index in [4.69, 9.17) is 12.2 Å². The Morgan fingerprint density at radius 2 is 2.06 bits per heavy atom. The van der Waals surface area contributed by atoms with Gasteiger partial charge < -0.3 is 15.3 Å². The summed E-state index contributed by atoms with van der Waals surface area (Å²) in [5.41, 5.74) is 1.09. The van der Waals surface area contributed by atoms with Gasteiger partial charge in [-0.2, -0.15) is 0 Å². The van der Waals surface area contributed by atoms with Crippen molar-refractivity contribution in [1.82, 2.24) is 15.1 Å². The van der Waals surface area contributed by atoms with Gasteiger partial charge in [0.2, 0.25) is 5.91 Å². The fourth-order valence-corrected chi connectivity index (χ4v) is 8.59. The van der Waals surface area contributed by atoms with Crippen LogP contribution in [0.15, 0.2) is 24.4 Å². The minimum absolute atomic E-state index is 0.0236. The number of thioether (sulfide) groups is 2. The van der Waals surface area contributed by atoms with Crippen LogP contribution in [-0.2, 0) is 4.79 Å². The maximum atomic E-state index is 11.5. The van der Waals surface area contributed by atoms with Gasteiger partial charge in [0.15, 0.2) is 0 Å². The van der Waals surface area contributed by atoms with Gasteiger partial charge in [0.25, 0.3) is 0 Å². The molecule has 0 saturated carbocycles. The smallest absolute Gasteiger partial charge is 0.220 e. The molecule has 0 spiro atoms. The predicted molar refractivity (Wildman–Crippen MR) is 146 cm³/mol. The van der Waals surface area contributed by atoms with E-state index in [1.54, 1.807) is 24.8 Å². The van der Waals surface area contributed by atoms with Crippen molar-refractivity contribution in [3.05, 3.63) is 24.4 Å². The molecule has 33 heavy (non-hydrogen) atoms. The molecule has 8 heteroatoms. The van der Waals surface area contributed by atoms with Gasteiger partial charge >= 0.3 is 0 Å². The molecule has 3 aliphatic rings. The van der Waals surface area contributed by atoms with E-state index in [-0.39, 0.29) is 11.2 Å². The Bertz CT molecular complexity index is 717. The molecule has 0 radical (unpaired) electrons. The van der Waals surface area contributed by atoms with E-state index in [2.05, 4.69) is 29.8 Å². The van der Waals surface area contributed by atoms with Crippen molar-refractivity contribution >= 4 is 46.0 Å². The quantitative estimate of drug-likeness (QED) is 0.199. The number of rotatable bonds is 13. The summed E-state index contributed by atoms with van der Waals surface area (Å²) in [5.74, 6) is 0.0236. The number of hydrogen-bond acceptors (Lipinski definition) is 6. The zero-order valence-corrected chi connectivity index (χ0v) is 22.7. The molecule has 5 nitrogen and oxygen atoms in total. The second-order valence-electron chi connectivity index (χ2n) is 9.39. The average Bonchev–Trinajstić information content (AvgIpc) is 3.25. The molecule has 2 aliphatic heterocycles. The van der Waals surface area contributed by atoms with Crippen molar-refractivity contribution < 1.29 is 9.90 Å². The Morgan fingerprint density at radius 3 is 2.79 bits per heavy atom. The molecular formula is C25H41N3O2S3. The molecule has 2 saturated heterocycles. The number of hydrogen-bond donors (Lipinski definition) is 2. The SMILES string of the molecule is C=CCN1C(=S)SC(CCC2SC3C=C(NC(C)=O)CCC3N2CCCCCCCC)C1O. The summed E-state index contributed by atoms with van der Waals surface area (Å²) in [6.07, 6.45) is 15.5. The second-order valence-corrected chi connectivity index (χ2v) is 12.6. The number of amides is 1. The van der Waals surface area contributed by atoms with Crippen molar-refractivity contribution in [2.75, 3.05) is 13.1 Å². The normalized spacial score (nSPS) is 29.8. The molecule has 2 heterocycles. The van der Waals surface area contributed by atoms with Crippen LogP contribution >= 0.6 is 35.7 Å². The van der Waals surface area contributed by atoms with Gasteiger partial charge in [0, 0.05) is 30.5 Å². The third-order valence-electron chi connectivity index (χ3n) is 6.83. The molecule has 0 aromatic carbocycles. The van der Waals surface area contributed by atoms with Gasteiger partial charge in [-0.25, -0.2) is 0 Å². The number of fused-ring (bicyclic) bond motifs is 1. The van der Waals surface area contributed by atoms with Crippen LogP contribution in [0.4, 0.5) is 0 Å². The Balaban J connectivity index is 1.59. The molecule has 2 fully saturated rings. The number of unbranched alkanes of at least 4 members (excludes halogenated alkanes) is 5. The number of thiocarbonyl (C=S) groups is 1. The van der Waals surface area contributed by atoms with E-state index in [9.17, 15) is 9.90 Å². The van der Waals surface area contributed by atoms with Gasteiger partial charge in [-0.05, 0) is 38.6 Å². The number of nitrogens with zero attached hydrogens (tertiary/aromatic N) is 2. The molecule has 0 aromatic rings. The first kappa shape index (κ1) is 27.1. The van der Waals surface area contributed by atoms with Crippen molar-refractivity contribution in [3.8, 4) is 0 Å². The molecule has 5 unspecified atom stereocenters. The summed E-state index contributed by atoms with van der Waals surface area (Å²) in [5, 5.41) is 14.8. The molecule has 0 aromatic heterocycles. The van der Waals surface area contributed by atoms with Crippen molar-refractivity contribution in [3.63, 3.8) is 0 Å². The van der Waals surface area contributed by atoms with Crippen molar-refractivity contribution in [2.24, 2.45) is 0 Å². The lowest BCUT2D eigenvalue weighted by Crippen LogP contribution is -2.42. The van der Waals surface area contributed by atoms with E-state index in [0.717, 1.165) is 42.2 Å². The Hall–Kier alpha value is -0.540. The van der Waals surface area contributed by atoms with Gasteiger partial charge in [-0.1, -0.05) is 75.2 Å². The summed E-state index contributed by atoms with van der Waals surface area (Å²) in [7, 11) is 0. The highest BCUT2D eigenvalue weighted by Gasteiger charge is 2.43. The summed E-state index contributed by atoms with van der Waals surface area (Å²) in [6, 6.07) is 0.549. The van der Waals surface area contributed by atoms with E-state index >= 15 is 0 Å². The van der Waals surface area contributed by atoms with Crippen molar-refractivity contribution in [2.45, 2.75) is 106 Å². The molecule has 0 bridgehead atoms. The summed E-state index contributed by atoms with van der Waals surface area (Å²) >= 11 is 9.17. The number of carbonyl (C=O) groups excluding carboxylic acids is 1. The van der Waals surface area contributed by atoms with Gasteiger partial charge in [-0.15, -0.1) is 18.3 Å². The number of allylic oxidation sites excluding steroid dienone is 1. The lowest BCUT2D eigenvalue weighted by molar-refractivity contribution is -0.118. The maximum absolute atomic E-state index is 11.5. The molecular weight excluding hydrogens is 470 g/mol. The first-order valence-corrected chi connectivity index (χ1v) is 14.8. The Labute approximate surface area is 214 Å². The third kappa shape index (κ3) is 7.47. The molecule has 5 atom stereocenters. The van der Waals surface area contributed by atoms with Crippen LogP contribution < -0.4 is 5.32 Å². The van der Waals surface area contributed by atoms with Crippen LogP contribution in [0.1, 0.15) is 78.1 Å². The number of aliphatic hydroxyl groups is 1. The monoisotopic (exact) mass is 511 g/mol. The van der Waals surface area contributed by atoms with Crippen LogP contribution in [0.5, 0.6) is 0 Å². The highest BCUT2D eigenvalue weighted by atomic mass is 32.2. The number of aliphatic hydroxyl groups excluding tert-OH is 1. The Morgan fingerprint density at radius 1 is 1.30 bits per heavy atom. The van der Waals surface area contributed by atoms with Gasteiger partial charge in [0.1, 0.15) is 10.5 Å². The molecule has 3 rings (SSSR count). The highest BCUT2D eigenvalue weighted by Crippen LogP contribution is 2.45. The molecule has 1 aliphatic carbocycles. The zero-order valence-electron chi connectivity index (χ0n) is 20.2. The third-order valence-corrected chi connectivity index (χ3v) is 10.2. The van der Waals surface area contributed by atoms with E-state index in [1.165, 1.54) is 38.5 Å². The molecule has 2 N–H and O–H groups in total. The summed E-state index contributed by atoms with van der Waals surface area (Å²) in [4.78, 5) is 16.2. The van der Waals surface area contributed by atoms with E-state index in [0.29, 0.717) is 23.2 Å². The van der Waals surface area contributed by atoms with Gasteiger partial charge in [0.05, 0.1) is 10.6 Å². The fraction of sp³-hybridized carbons (Fsp3) is 0.760. The van der Waals surface area contributed by atoms with Crippen LogP contribution in [0.25, 0.3) is 0 Å². The van der Waals surface area contributed by atoms with E-state index in [1.807, 2.05) is 16.7 Å². The predicted octanol–water partition coefficient (Wildman–Crippen LogP) is 5.26. The van der Waals surface area contributed by atoms with Gasteiger partial charge in [-0.3, -0.25) is 9.69 Å². The summed E-state index contributed by atoms with van der Waals surface area (Å²) in [6.45, 7) is 9.40. The lowest BCUT2D eigenvalue weighted by Gasteiger charge is -2.33. The number of nitrogens with one attached hydrogen (secondary N) is 1. The average molecular weight is 512 g/mol. The molecule has 1 amide bonds. The lowest BCUT2D eigenvalue weighted by atomic mass is 9.96. The van der Waals surface area contributed by atoms with E-state index < -0.39 is 6.23 Å². The number of carbonyl (C=O) groups is 1. The standard InChI is InChI=1S/C25H41N3O2S3/c1-4-6-7-8-9-10-16-27-20-12-11-19(26-18(3)29)17-22(20)32-23(27)14-13-21-24(30)28(15-5-2)25(31)33-21/h5,17,20-24,30H,2,4,6-16H2,1,3H3,(H,26,29). The Kier molecular flexibility index (Phi) is 11.1. The zero-order chi connectivity index (χ0) is 23.8. The van der Waals surface area contributed by atoms with Crippen LogP contribution in [0.2, 0.25) is 0 Å². The summed E-state index contributed by atoms with van der Waals surface area (Å²) < 4.78 is 0.784. The van der Waals surface area contributed by atoms with Crippen LogP contribution in [0.3, 0.4) is 0 Å². The van der Waals surface area contributed by atoms with Crippen molar-refractivity contribution in [1.29, 1.82) is 0 Å². The minimum atomic E-state index is -0.521. The van der Waals surface area contributed by atoms with Crippen LogP contribution in [-0.4, -0.2) is 66.4 Å². The maximum Gasteiger partial charge on any atom is 0.220 e. The first-order valence-electron chi connectivity index (χ1n) is 12.6. The minimum Gasteiger partial charge on any atom is -0.372 e. The molecule has 186 valence electrons. The first-order chi connectivity index (χ1) is 15.9. The largest absolute Gasteiger partial charge is 0.372 e. The fourth-order valence-electron chi connectivity index (χ4n) is 5.17. The van der Waals surface area contributed by atoms with Crippen LogP contribution in [0, 0.1) is 0 Å². The highest BCUT2D eigenvalue weighted by molar-refractivity contribution is 8.23.